The summed E-state index contributed by atoms with van der Waals surface area (Å²) in [6.07, 6.45) is 3.22. The Morgan fingerprint density at radius 1 is 1.44 bits per heavy atom. The van der Waals surface area contributed by atoms with Crippen LogP contribution in [0.15, 0.2) is 18.2 Å². The van der Waals surface area contributed by atoms with Gasteiger partial charge in [-0.15, -0.1) is 0 Å². The molecular weight excluding hydrogens is 235 g/mol. The van der Waals surface area contributed by atoms with E-state index in [4.69, 9.17) is 10.5 Å². The molecule has 3 rings (SSSR count). The van der Waals surface area contributed by atoms with Crippen molar-refractivity contribution >= 4 is 11.6 Å². The Kier molecular flexibility index (Phi) is 2.70. The van der Waals surface area contributed by atoms with Gasteiger partial charge in [-0.2, -0.15) is 0 Å². The quantitative estimate of drug-likeness (QED) is 0.781. The molecule has 0 spiro atoms. The minimum atomic E-state index is -0.587. The number of nitrogens with one attached hydrogen (secondary N) is 1. The van der Waals surface area contributed by atoms with E-state index in [0.29, 0.717) is 5.69 Å². The summed E-state index contributed by atoms with van der Waals surface area (Å²) < 4.78 is 19.2. The smallest absolute Gasteiger partial charge is 0.254 e. The first-order valence-electron chi connectivity index (χ1n) is 6.15. The molecule has 0 aromatic heterocycles. The molecule has 1 aromatic carbocycles. The van der Waals surface area contributed by atoms with E-state index in [1.54, 1.807) is 0 Å². The van der Waals surface area contributed by atoms with Gasteiger partial charge in [0.1, 0.15) is 5.82 Å². The summed E-state index contributed by atoms with van der Waals surface area (Å²) in [5, 5.41) is 2.84. The topological polar surface area (TPSA) is 64.4 Å². The lowest BCUT2D eigenvalue weighted by Crippen LogP contribution is -2.41. The molecule has 3 N–H and O–H groups in total. The number of rotatable bonds is 2. The molecule has 0 radical (unpaired) electrons. The number of carbonyl (C=O) groups excluding carboxylic acids is 1. The molecule has 1 aromatic rings. The second-order valence-electron chi connectivity index (χ2n) is 4.93. The van der Waals surface area contributed by atoms with E-state index in [0.717, 1.165) is 25.3 Å². The summed E-state index contributed by atoms with van der Waals surface area (Å²) in [6, 6.07) is 4.10. The molecular formula is C13H15FN2O2. The van der Waals surface area contributed by atoms with Gasteiger partial charge in [-0.25, -0.2) is 4.39 Å². The van der Waals surface area contributed by atoms with Crippen LogP contribution in [0.3, 0.4) is 0 Å². The van der Waals surface area contributed by atoms with E-state index in [1.165, 1.54) is 12.1 Å². The van der Waals surface area contributed by atoms with Crippen LogP contribution in [-0.4, -0.2) is 24.2 Å². The van der Waals surface area contributed by atoms with Crippen molar-refractivity contribution in [2.75, 3.05) is 5.73 Å². The van der Waals surface area contributed by atoms with Crippen LogP contribution in [0.5, 0.6) is 0 Å². The maximum absolute atomic E-state index is 13.6. The van der Waals surface area contributed by atoms with Crippen molar-refractivity contribution in [2.24, 2.45) is 0 Å². The Morgan fingerprint density at radius 3 is 2.89 bits per heavy atom. The molecule has 3 unspecified atom stereocenters. The maximum atomic E-state index is 13.6. The number of carbonyl (C=O) groups is 1. The normalized spacial score (nSPS) is 29.5. The van der Waals surface area contributed by atoms with Gasteiger partial charge in [-0.3, -0.25) is 4.79 Å². The number of benzene rings is 1. The molecule has 0 aliphatic carbocycles. The molecule has 2 saturated heterocycles. The van der Waals surface area contributed by atoms with Crippen molar-refractivity contribution in [2.45, 2.75) is 37.5 Å². The molecule has 2 bridgehead atoms. The fraction of sp³-hybridized carbons (Fsp3) is 0.462. The van der Waals surface area contributed by atoms with Gasteiger partial charge in [0.2, 0.25) is 0 Å². The zero-order valence-electron chi connectivity index (χ0n) is 9.86. The van der Waals surface area contributed by atoms with Crippen LogP contribution in [0.2, 0.25) is 0 Å². The molecule has 5 heteroatoms. The van der Waals surface area contributed by atoms with Gasteiger partial charge in [0, 0.05) is 5.69 Å². The van der Waals surface area contributed by atoms with Crippen LogP contribution in [0.4, 0.5) is 10.1 Å². The average molecular weight is 250 g/mol. The Morgan fingerprint density at radius 2 is 2.28 bits per heavy atom. The summed E-state index contributed by atoms with van der Waals surface area (Å²) in [5.74, 6) is -0.981. The average Bonchev–Trinajstić information content (AvgIpc) is 2.90. The first kappa shape index (κ1) is 11.5. The molecule has 4 nitrogen and oxygen atoms in total. The van der Waals surface area contributed by atoms with Crippen LogP contribution in [0.25, 0.3) is 0 Å². The predicted molar refractivity (Wildman–Crippen MR) is 64.6 cm³/mol. The highest BCUT2D eigenvalue weighted by molar-refractivity contribution is 5.95. The minimum absolute atomic E-state index is 0.00760. The third kappa shape index (κ3) is 1.95. The van der Waals surface area contributed by atoms with Crippen LogP contribution in [0, 0.1) is 5.82 Å². The molecule has 0 saturated carbocycles. The summed E-state index contributed by atoms with van der Waals surface area (Å²) in [5.41, 5.74) is 5.80. The third-order valence-corrected chi connectivity index (χ3v) is 3.66. The van der Waals surface area contributed by atoms with Crippen molar-refractivity contribution in [1.29, 1.82) is 0 Å². The van der Waals surface area contributed by atoms with E-state index in [2.05, 4.69) is 5.32 Å². The second-order valence-corrected chi connectivity index (χ2v) is 4.93. The van der Waals surface area contributed by atoms with Crippen LogP contribution >= 0.6 is 0 Å². The molecule has 2 fully saturated rings. The molecule has 1 amide bonds. The highest BCUT2D eigenvalue weighted by Crippen LogP contribution is 2.34. The van der Waals surface area contributed by atoms with Gasteiger partial charge >= 0.3 is 0 Å². The van der Waals surface area contributed by atoms with Crippen LogP contribution < -0.4 is 11.1 Å². The van der Waals surface area contributed by atoms with Gasteiger partial charge in [0.25, 0.3) is 5.91 Å². The van der Waals surface area contributed by atoms with E-state index in [9.17, 15) is 9.18 Å². The minimum Gasteiger partial charge on any atom is -0.399 e. The Balaban J connectivity index is 1.71. The number of anilines is 1. The maximum Gasteiger partial charge on any atom is 0.254 e. The monoisotopic (exact) mass is 250 g/mol. The SMILES string of the molecule is Nc1ccc(C(=O)NC2CC3CCC2O3)c(F)c1. The highest BCUT2D eigenvalue weighted by atomic mass is 19.1. The lowest BCUT2D eigenvalue weighted by atomic mass is 9.95. The number of amides is 1. The van der Waals surface area contributed by atoms with E-state index >= 15 is 0 Å². The van der Waals surface area contributed by atoms with Gasteiger partial charge in [-0.05, 0) is 37.5 Å². The number of hydrogen-bond acceptors (Lipinski definition) is 3. The number of fused-ring (bicyclic) bond motifs is 2. The third-order valence-electron chi connectivity index (χ3n) is 3.66. The predicted octanol–water partition coefficient (Wildman–Crippen LogP) is 1.46. The second kappa shape index (κ2) is 4.24. The van der Waals surface area contributed by atoms with Crippen LogP contribution in [0.1, 0.15) is 29.6 Å². The highest BCUT2D eigenvalue weighted by Gasteiger charge is 2.41. The van der Waals surface area contributed by atoms with E-state index < -0.39 is 11.7 Å². The number of hydrogen-bond donors (Lipinski definition) is 2. The van der Waals surface area contributed by atoms with Crippen molar-refractivity contribution < 1.29 is 13.9 Å². The number of halogens is 1. The van der Waals surface area contributed by atoms with E-state index in [1.807, 2.05) is 0 Å². The summed E-state index contributed by atoms with van der Waals surface area (Å²) in [6.45, 7) is 0. The van der Waals surface area contributed by atoms with Gasteiger partial charge in [0.05, 0.1) is 23.8 Å². The first-order chi connectivity index (χ1) is 8.63. The Hall–Kier alpha value is -1.62. The molecule has 18 heavy (non-hydrogen) atoms. The number of ether oxygens (including phenoxy) is 1. The van der Waals surface area contributed by atoms with Crippen molar-refractivity contribution in [1.82, 2.24) is 5.32 Å². The molecule has 3 atom stereocenters. The standard InChI is InChI=1S/C13H15FN2O2/c14-10-5-7(15)1-3-9(10)13(17)16-11-6-8-2-4-12(11)18-8/h1,3,5,8,11-12H,2,4,6,15H2,(H,16,17). The van der Waals surface area contributed by atoms with Gasteiger partial charge in [-0.1, -0.05) is 0 Å². The largest absolute Gasteiger partial charge is 0.399 e. The van der Waals surface area contributed by atoms with Crippen LogP contribution in [-0.2, 0) is 4.74 Å². The lowest BCUT2D eigenvalue weighted by molar-refractivity contribution is 0.0838. The lowest BCUT2D eigenvalue weighted by Gasteiger charge is -2.20. The molecule has 2 heterocycles. The molecule has 2 aliphatic heterocycles. The molecule has 2 aliphatic rings. The fourth-order valence-corrected chi connectivity index (χ4v) is 2.75. The Bertz CT molecular complexity index is 492. The summed E-state index contributed by atoms with van der Waals surface area (Å²) >= 11 is 0. The summed E-state index contributed by atoms with van der Waals surface area (Å²) in [7, 11) is 0. The zero-order valence-corrected chi connectivity index (χ0v) is 9.86. The number of nitrogen functional groups attached to an aromatic ring is 1. The molecule has 96 valence electrons. The van der Waals surface area contributed by atoms with Crippen molar-refractivity contribution in [3.63, 3.8) is 0 Å². The number of nitrogens with two attached hydrogens (primary N) is 1. The Labute approximate surface area is 104 Å². The zero-order chi connectivity index (χ0) is 12.7. The van der Waals surface area contributed by atoms with Gasteiger partial charge in [0.15, 0.2) is 0 Å². The summed E-state index contributed by atoms with van der Waals surface area (Å²) in [4.78, 5) is 12.0. The van der Waals surface area contributed by atoms with Crippen molar-refractivity contribution in [3.8, 4) is 0 Å². The van der Waals surface area contributed by atoms with Crippen molar-refractivity contribution in [3.05, 3.63) is 29.6 Å². The fourth-order valence-electron chi connectivity index (χ4n) is 2.75. The van der Waals surface area contributed by atoms with Gasteiger partial charge < -0.3 is 15.8 Å². The first-order valence-corrected chi connectivity index (χ1v) is 6.15. The van der Waals surface area contributed by atoms with E-state index in [-0.39, 0.29) is 23.8 Å².